The Balaban J connectivity index is 1.80. The Kier molecular flexibility index (Phi) is 3.07. The summed E-state index contributed by atoms with van der Waals surface area (Å²) in [7, 11) is 0. The monoisotopic (exact) mass is 264 g/mol. The van der Waals surface area contributed by atoms with Crippen molar-refractivity contribution in [2.45, 2.75) is 38.5 Å². The average Bonchev–Trinajstić information content (AvgIpc) is 3.07. The van der Waals surface area contributed by atoms with Gasteiger partial charge in [-0.3, -0.25) is 0 Å². The van der Waals surface area contributed by atoms with Crippen LogP contribution in [0.15, 0.2) is 16.0 Å². The van der Waals surface area contributed by atoms with Gasteiger partial charge in [-0.2, -0.15) is 4.98 Å². The molecule has 0 bridgehead atoms. The lowest BCUT2D eigenvalue weighted by atomic mass is 10.0. The number of nitrogens with zero attached hydrogens (tertiary/aromatic N) is 2. The van der Waals surface area contributed by atoms with Gasteiger partial charge < -0.3 is 9.63 Å². The number of rotatable bonds is 3. The molecule has 2 unspecified atom stereocenters. The normalized spacial score (nSPS) is 23.6. The summed E-state index contributed by atoms with van der Waals surface area (Å²) >= 11 is 1.42. The SMILES string of the molecule is CCC1CCC(c2noc(-c3sccc3O)n2)C1. The van der Waals surface area contributed by atoms with Gasteiger partial charge in [-0.25, -0.2) is 0 Å². The van der Waals surface area contributed by atoms with Crippen molar-refractivity contribution in [3.8, 4) is 16.5 Å². The first-order valence-electron chi connectivity index (χ1n) is 6.38. The van der Waals surface area contributed by atoms with E-state index in [9.17, 15) is 5.11 Å². The summed E-state index contributed by atoms with van der Waals surface area (Å²) < 4.78 is 5.26. The van der Waals surface area contributed by atoms with E-state index in [1.165, 1.54) is 24.2 Å². The Morgan fingerprint density at radius 3 is 3.06 bits per heavy atom. The third kappa shape index (κ3) is 2.03. The molecule has 2 heterocycles. The quantitative estimate of drug-likeness (QED) is 0.916. The minimum atomic E-state index is 0.216. The van der Waals surface area contributed by atoms with Gasteiger partial charge in [0.05, 0.1) is 0 Å². The maximum absolute atomic E-state index is 9.64. The summed E-state index contributed by atoms with van der Waals surface area (Å²) in [4.78, 5) is 5.10. The summed E-state index contributed by atoms with van der Waals surface area (Å²) in [5.41, 5.74) is 0. The summed E-state index contributed by atoms with van der Waals surface area (Å²) in [6.45, 7) is 2.23. The third-order valence-electron chi connectivity index (χ3n) is 3.76. The standard InChI is InChI=1S/C13H16N2O2S/c1-2-8-3-4-9(7-8)12-14-13(17-15-12)11-10(16)5-6-18-11/h5-6,8-9,16H,2-4,7H2,1H3. The fourth-order valence-electron chi connectivity index (χ4n) is 2.64. The second kappa shape index (κ2) is 4.72. The first-order valence-corrected chi connectivity index (χ1v) is 7.26. The molecule has 2 atom stereocenters. The van der Waals surface area contributed by atoms with E-state index in [4.69, 9.17) is 4.52 Å². The lowest BCUT2D eigenvalue weighted by Gasteiger charge is -2.04. The topological polar surface area (TPSA) is 59.2 Å². The van der Waals surface area contributed by atoms with Crippen molar-refractivity contribution < 1.29 is 9.63 Å². The number of aromatic nitrogens is 2. The molecule has 0 aromatic carbocycles. The van der Waals surface area contributed by atoms with Crippen LogP contribution in [0.1, 0.15) is 44.3 Å². The van der Waals surface area contributed by atoms with Crippen molar-refractivity contribution in [2.75, 3.05) is 0 Å². The van der Waals surface area contributed by atoms with Crippen LogP contribution in [-0.4, -0.2) is 15.2 Å². The van der Waals surface area contributed by atoms with Crippen LogP contribution in [-0.2, 0) is 0 Å². The zero-order valence-corrected chi connectivity index (χ0v) is 11.1. The van der Waals surface area contributed by atoms with Crippen LogP contribution in [0.3, 0.4) is 0 Å². The van der Waals surface area contributed by atoms with Gasteiger partial charge in [0.25, 0.3) is 5.89 Å². The molecule has 96 valence electrons. The second-order valence-electron chi connectivity index (χ2n) is 4.88. The van der Waals surface area contributed by atoms with E-state index in [0.29, 0.717) is 16.7 Å². The summed E-state index contributed by atoms with van der Waals surface area (Å²) in [6.07, 6.45) is 4.79. The highest BCUT2D eigenvalue weighted by atomic mass is 32.1. The molecule has 0 amide bonds. The van der Waals surface area contributed by atoms with E-state index in [1.807, 2.05) is 5.38 Å². The molecule has 3 rings (SSSR count). The van der Waals surface area contributed by atoms with Gasteiger partial charge in [0, 0.05) is 5.92 Å². The average molecular weight is 264 g/mol. The predicted octanol–water partition coefficient (Wildman–Crippen LogP) is 3.80. The summed E-state index contributed by atoms with van der Waals surface area (Å²) in [6, 6.07) is 1.65. The molecule has 0 radical (unpaired) electrons. The highest BCUT2D eigenvalue weighted by Gasteiger charge is 2.28. The van der Waals surface area contributed by atoms with Crippen molar-refractivity contribution in [3.63, 3.8) is 0 Å². The second-order valence-corrected chi connectivity index (χ2v) is 5.79. The molecule has 5 heteroatoms. The molecular weight excluding hydrogens is 248 g/mol. The Labute approximate surface area is 110 Å². The Bertz CT molecular complexity index is 535. The molecule has 1 fully saturated rings. The molecule has 1 saturated carbocycles. The molecular formula is C13H16N2O2S. The van der Waals surface area contributed by atoms with Crippen LogP contribution in [0, 0.1) is 5.92 Å². The number of hydrogen-bond acceptors (Lipinski definition) is 5. The molecule has 1 aliphatic carbocycles. The first-order chi connectivity index (χ1) is 8.78. The number of hydrogen-bond donors (Lipinski definition) is 1. The van der Waals surface area contributed by atoms with Crippen LogP contribution >= 0.6 is 11.3 Å². The molecule has 0 aliphatic heterocycles. The molecule has 0 saturated heterocycles. The van der Waals surface area contributed by atoms with Crippen molar-refractivity contribution >= 4 is 11.3 Å². The summed E-state index contributed by atoms with van der Waals surface area (Å²) in [5.74, 6) is 2.68. The summed E-state index contributed by atoms with van der Waals surface area (Å²) in [5, 5.41) is 15.5. The molecule has 1 aliphatic rings. The van der Waals surface area contributed by atoms with E-state index in [0.717, 1.165) is 24.6 Å². The van der Waals surface area contributed by atoms with Crippen LogP contribution in [0.5, 0.6) is 5.75 Å². The molecule has 2 aromatic rings. The Hall–Kier alpha value is -1.36. The Morgan fingerprint density at radius 2 is 2.39 bits per heavy atom. The van der Waals surface area contributed by atoms with Crippen LogP contribution in [0.4, 0.5) is 0 Å². The van der Waals surface area contributed by atoms with E-state index in [1.54, 1.807) is 6.07 Å². The number of aromatic hydroxyl groups is 1. The molecule has 0 spiro atoms. The minimum Gasteiger partial charge on any atom is -0.506 e. The Morgan fingerprint density at radius 1 is 1.50 bits per heavy atom. The molecule has 1 N–H and O–H groups in total. The van der Waals surface area contributed by atoms with E-state index in [2.05, 4.69) is 17.1 Å². The van der Waals surface area contributed by atoms with Gasteiger partial charge in [0.15, 0.2) is 5.82 Å². The molecule has 4 nitrogen and oxygen atoms in total. The molecule has 18 heavy (non-hydrogen) atoms. The molecule has 2 aromatic heterocycles. The largest absolute Gasteiger partial charge is 0.506 e. The van der Waals surface area contributed by atoms with Crippen LogP contribution in [0.25, 0.3) is 10.8 Å². The lowest BCUT2D eigenvalue weighted by Crippen LogP contribution is -1.97. The first kappa shape index (κ1) is 11.7. The van der Waals surface area contributed by atoms with Gasteiger partial charge in [0.1, 0.15) is 10.6 Å². The van der Waals surface area contributed by atoms with Gasteiger partial charge in [-0.15, -0.1) is 11.3 Å². The van der Waals surface area contributed by atoms with Gasteiger partial charge in [-0.1, -0.05) is 18.5 Å². The zero-order chi connectivity index (χ0) is 12.5. The van der Waals surface area contributed by atoms with Crippen LogP contribution < -0.4 is 0 Å². The highest BCUT2D eigenvalue weighted by molar-refractivity contribution is 7.13. The maximum atomic E-state index is 9.64. The maximum Gasteiger partial charge on any atom is 0.271 e. The van der Waals surface area contributed by atoms with Gasteiger partial charge in [0.2, 0.25) is 0 Å². The van der Waals surface area contributed by atoms with Gasteiger partial charge in [-0.05, 0) is 36.6 Å². The fraction of sp³-hybridized carbons (Fsp3) is 0.538. The number of thiophene rings is 1. The van der Waals surface area contributed by atoms with Crippen LogP contribution in [0.2, 0.25) is 0 Å². The third-order valence-corrected chi connectivity index (χ3v) is 4.66. The lowest BCUT2D eigenvalue weighted by molar-refractivity contribution is 0.411. The van der Waals surface area contributed by atoms with E-state index >= 15 is 0 Å². The van der Waals surface area contributed by atoms with Crippen molar-refractivity contribution in [3.05, 3.63) is 17.3 Å². The minimum absolute atomic E-state index is 0.216. The predicted molar refractivity (Wildman–Crippen MR) is 69.6 cm³/mol. The smallest absolute Gasteiger partial charge is 0.271 e. The highest BCUT2D eigenvalue weighted by Crippen LogP contribution is 2.40. The van der Waals surface area contributed by atoms with Crippen molar-refractivity contribution in [1.82, 2.24) is 10.1 Å². The van der Waals surface area contributed by atoms with Gasteiger partial charge >= 0.3 is 0 Å². The van der Waals surface area contributed by atoms with E-state index < -0.39 is 0 Å². The fourth-order valence-corrected chi connectivity index (χ4v) is 3.34. The van der Waals surface area contributed by atoms with Crippen molar-refractivity contribution in [1.29, 1.82) is 0 Å². The van der Waals surface area contributed by atoms with E-state index in [-0.39, 0.29) is 5.75 Å². The zero-order valence-electron chi connectivity index (χ0n) is 10.3. The van der Waals surface area contributed by atoms with Crippen molar-refractivity contribution in [2.24, 2.45) is 5.92 Å².